The first-order chi connectivity index (χ1) is 13.2. The predicted molar refractivity (Wildman–Crippen MR) is 107 cm³/mol. The van der Waals surface area contributed by atoms with Crippen molar-refractivity contribution in [3.05, 3.63) is 23.2 Å². The Morgan fingerprint density at radius 2 is 1.82 bits per heavy atom. The van der Waals surface area contributed by atoms with Crippen molar-refractivity contribution in [3.63, 3.8) is 0 Å². The lowest BCUT2D eigenvalue weighted by molar-refractivity contribution is 0.0619. The normalized spacial score (nSPS) is 24.1. The Labute approximate surface area is 171 Å². The van der Waals surface area contributed by atoms with E-state index in [1.54, 1.807) is 6.07 Å². The van der Waals surface area contributed by atoms with Gasteiger partial charge in [-0.2, -0.15) is 0 Å². The Kier molecular flexibility index (Phi) is 6.73. The molecule has 1 heterocycles. The third kappa shape index (κ3) is 5.30. The van der Waals surface area contributed by atoms with E-state index in [0.29, 0.717) is 42.4 Å². The van der Waals surface area contributed by atoms with Crippen molar-refractivity contribution in [2.75, 3.05) is 39.0 Å². The number of benzene rings is 1. The van der Waals surface area contributed by atoms with Gasteiger partial charge >= 0.3 is 6.09 Å². The first kappa shape index (κ1) is 21.2. The van der Waals surface area contributed by atoms with Crippen LogP contribution in [-0.4, -0.2) is 74.5 Å². The van der Waals surface area contributed by atoms with E-state index in [9.17, 15) is 13.2 Å². The molecule has 28 heavy (non-hydrogen) atoms. The molecule has 1 saturated heterocycles. The average Bonchev–Trinajstić information content (AvgIpc) is 2.67. The number of carboxylic acid groups (broad SMARTS) is 1. The highest BCUT2D eigenvalue weighted by atomic mass is 35.5. The van der Waals surface area contributed by atoms with E-state index < -0.39 is 15.9 Å². The highest BCUT2D eigenvalue weighted by Gasteiger charge is 2.29. The van der Waals surface area contributed by atoms with Crippen LogP contribution in [-0.2, 0) is 9.84 Å². The van der Waals surface area contributed by atoms with E-state index in [0.717, 1.165) is 45.0 Å². The van der Waals surface area contributed by atoms with E-state index >= 15 is 0 Å². The van der Waals surface area contributed by atoms with Crippen molar-refractivity contribution < 1.29 is 23.1 Å². The molecule has 1 aromatic rings. The molecule has 1 saturated carbocycles. The van der Waals surface area contributed by atoms with Gasteiger partial charge in [-0.15, -0.1) is 0 Å². The Hall–Kier alpha value is -1.51. The van der Waals surface area contributed by atoms with Gasteiger partial charge in [-0.1, -0.05) is 11.6 Å². The summed E-state index contributed by atoms with van der Waals surface area (Å²) in [5.41, 5.74) is 0. The van der Waals surface area contributed by atoms with Crippen molar-refractivity contribution in [1.29, 1.82) is 0 Å². The fourth-order valence-corrected chi connectivity index (χ4v) is 4.94. The summed E-state index contributed by atoms with van der Waals surface area (Å²) in [5.74, 6) is 0.961. The minimum Gasteiger partial charge on any atom is -0.492 e. The molecule has 0 radical (unpaired) electrons. The molecule has 2 aliphatic rings. The third-order valence-electron chi connectivity index (χ3n) is 5.72. The smallest absolute Gasteiger partial charge is 0.407 e. The molecule has 7 nitrogen and oxygen atoms in total. The first-order valence-electron chi connectivity index (χ1n) is 9.58. The Morgan fingerprint density at radius 1 is 1.18 bits per heavy atom. The summed E-state index contributed by atoms with van der Waals surface area (Å²) in [5, 5.41) is 9.36. The molecule has 9 heteroatoms. The second-order valence-corrected chi connectivity index (χ2v) is 10.1. The highest BCUT2D eigenvalue weighted by Crippen LogP contribution is 2.31. The van der Waals surface area contributed by atoms with Crippen molar-refractivity contribution in [2.24, 2.45) is 5.92 Å². The van der Waals surface area contributed by atoms with Crippen LogP contribution in [0, 0.1) is 5.92 Å². The zero-order valence-corrected chi connectivity index (χ0v) is 17.6. The molecule has 1 aliphatic heterocycles. The third-order valence-corrected chi connectivity index (χ3v) is 7.13. The fourth-order valence-electron chi connectivity index (χ4n) is 3.99. The monoisotopic (exact) mass is 430 g/mol. The van der Waals surface area contributed by atoms with Crippen LogP contribution in [0.1, 0.15) is 25.7 Å². The van der Waals surface area contributed by atoms with Crippen molar-refractivity contribution in [2.45, 2.75) is 36.6 Å². The maximum absolute atomic E-state index is 11.6. The summed E-state index contributed by atoms with van der Waals surface area (Å²) in [7, 11) is -3.28. The number of ether oxygens (including phenoxy) is 1. The number of hydrogen-bond acceptors (Lipinski definition) is 5. The SMILES string of the molecule is CS(=O)(=O)c1ccc(OCC2CCC(N3CCN(C(=O)O)CC3)CC2)c(Cl)c1. The Balaban J connectivity index is 1.44. The van der Waals surface area contributed by atoms with Crippen molar-refractivity contribution >= 4 is 27.5 Å². The molecule has 1 N–H and O–H groups in total. The van der Waals surface area contributed by atoms with Gasteiger partial charge in [-0.05, 0) is 49.8 Å². The summed E-state index contributed by atoms with van der Waals surface area (Å²) in [6, 6.07) is 5.08. The lowest BCUT2D eigenvalue weighted by Crippen LogP contribution is -2.52. The molecule has 1 amide bonds. The van der Waals surface area contributed by atoms with Crippen LogP contribution < -0.4 is 4.74 Å². The molecular formula is C19H27ClN2O5S. The van der Waals surface area contributed by atoms with Crippen LogP contribution in [0.25, 0.3) is 0 Å². The summed E-state index contributed by atoms with van der Waals surface area (Å²) in [4.78, 5) is 15.1. The molecular weight excluding hydrogens is 404 g/mol. The molecule has 0 spiro atoms. The molecule has 3 rings (SSSR count). The van der Waals surface area contributed by atoms with Crippen LogP contribution in [0.2, 0.25) is 5.02 Å². The van der Waals surface area contributed by atoms with Crippen LogP contribution in [0.5, 0.6) is 5.75 Å². The van der Waals surface area contributed by atoms with Gasteiger partial charge in [-0.3, -0.25) is 4.90 Å². The van der Waals surface area contributed by atoms with Crippen molar-refractivity contribution in [3.8, 4) is 5.75 Å². The highest BCUT2D eigenvalue weighted by molar-refractivity contribution is 7.90. The molecule has 0 unspecified atom stereocenters. The topological polar surface area (TPSA) is 87.2 Å². The molecule has 0 bridgehead atoms. The maximum Gasteiger partial charge on any atom is 0.407 e. The lowest BCUT2D eigenvalue weighted by Gasteiger charge is -2.41. The van der Waals surface area contributed by atoms with E-state index in [1.165, 1.54) is 17.0 Å². The molecule has 0 aromatic heterocycles. The summed E-state index contributed by atoms with van der Waals surface area (Å²) in [6.45, 7) is 3.35. The molecule has 2 fully saturated rings. The lowest BCUT2D eigenvalue weighted by atomic mass is 9.85. The van der Waals surface area contributed by atoms with Gasteiger partial charge in [0.15, 0.2) is 9.84 Å². The van der Waals surface area contributed by atoms with E-state index in [-0.39, 0.29) is 4.90 Å². The van der Waals surface area contributed by atoms with Gasteiger partial charge in [0.05, 0.1) is 16.5 Å². The Bertz CT molecular complexity index is 801. The largest absolute Gasteiger partial charge is 0.492 e. The second kappa shape index (κ2) is 8.88. The average molecular weight is 431 g/mol. The fraction of sp³-hybridized carbons (Fsp3) is 0.632. The molecule has 156 valence electrons. The first-order valence-corrected chi connectivity index (χ1v) is 11.9. The second-order valence-electron chi connectivity index (χ2n) is 7.66. The summed E-state index contributed by atoms with van der Waals surface area (Å²) >= 11 is 6.17. The van der Waals surface area contributed by atoms with Gasteiger partial charge in [0.1, 0.15) is 5.75 Å². The zero-order valence-electron chi connectivity index (χ0n) is 16.0. The number of nitrogens with zero attached hydrogens (tertiary/aromatic N) is 2. The van der Waals surface area contributed by atoms with Crippen molar-refractivity contribution in [1.82, 2.24) is 9.80 Å². The minimum atomic E-state index is -3.28. The number of rotatable bonds is 5. The van der Waals surface area contributed by atoms with Crippen LogP contribution in [0.15, 0.2) is 23.1 Å². The number of piperazine rings is 1. The maximum atomic E-state index is 11.6. The van der Waals surface area contributed by atoms with Crippen LogP contribution >= 0.6 is 11.6 Å². The van der Waals surface area contributed by atoms with Gasteiger partial charge in [0.25, 0.3) is 0 Å². The number of sulfone groups is 1. The van der Waals surface area contributed by atoms with E-state index in [2.05, 4.69) is 4.90 Å². The van der Waals surface area contributed by atoms with E-state index in [4.69, 9.17) is 21.4 Å². The van der Waals surface area contributed by atoms with Gasteiger partial charge in [0, 0.05) is 38.5 Å². The quantitative estimate of drug-likeness (QED) is 0.772. The van der Waals surface area contributed by atoms with Crippen LogP contribution in [0.3, 0.4) is 0 Å². The standard InChI is InChI=1S/C19H27ClN2O5S/c1-28(25,26)16-6-7-18(17(20)12-16)27-13-14-2-4-15(5-3-14)21-8-10-22(11-9-21)19(23)24/h6-7,12,14-15H,2-5,8-11,13H2,1H3,(H,23,24). The number of halogens is 1. The number of hydrogen-bond donors (Lipinski definition) is 1. The van der Waals surface area contributed by atoms with E-state index in [1.807, 2.05) is 0 Å². The summed E-state index contributed by atoms with van der Waals surface area (Å²) < 4.78 is 29.0. The number of amides is 1. The minimum absolute atomic E-state index is 0.188. The van der Waals surface area contributed by atoms with Gasteiger partial charge < -0.3 is 14.7 Å². The van der Waals surface area contributed by atoms with Gasteiger partial charge in [-0.25, -0.2) is 13.2 Å². The van der Waals surface area contributed by atoms with Crippen LogP contribution in [0.4, 0.5) is 4.79 Å². The van der Waals surface area contributed by atoms with Gasteiger partial charge in [0.2, 0.25) is 0 Å². The molecule has 0 atom stereocenters. The Morgan fingerprint density at radius 3 is 2.36 bits per heavy atom. The predicted octanol–water partition coefficient (Wildman–Crippen LogP) is 2.98. The summed E-state index contributed by atoms with van der Waals surface area (Å²) in [6.07, 6.45) is 4.61. The molecule has 1 aromatic carbocycles. The zero-order chi connectivity index (χ0) is 20.3. The number of carbonyl (C=O) groups is 1. The molecule has 1 aliphatic carbocycles.